The monoisotopic (exact) mass is 226 g/mol. The van der Waals surface area contributed by atoms with Crippen molar-refractivity contribution in [2.24, 2.45) is 0 Å². The van der Waals surface area contributed by atoms with E-state index in [4.69, 9.17) is 5.11 Å². The first-order valence-electron chi connectivity index (χ1n) is 4.71. The molecular formula is C10H11FN2O3. The molecule has 16 heavy (non-hydrogen) atoms. The summed E-state index contributed by atoms with van der Waals surface area (Å²) in [6.45, 7) is 0. The van der Waals surface area contributed by atoms with Crippen LogP contribution in [0.5, 0.6) is 0 Å². The molecule has 0 aliphatic rings. The molecule has 0 unspecified atom stereocenters. The lowest BCUT2D eigenvalue weighted by Crippen LogP contribution is -2.12. The van der Waals surface area contributed by atoms with Crippen molar-refractivity contribution in [2.45, 2.75) is 19.3 Å². The van der Waals surface area contributed by atoms with Gasteiger partial charge >= 0.3 is 5.97 Å². The molecule has 1 amide bonds. The third kappa shape index (κ3) is 4.50. The van der Waals surface area contributed by atoms with Crippen molar-refractivity contribution in [1.82, 2.24) is 4.98 Å². The number of carboxylic acids is 1. The molecular weight excluding hydrogens is 215 g/mol. The van der Waals surface area contributed by atoms with Gasteiger partial charge in [-0.2, -0.15) is 4.39 Å². The molecule has 0 aliphatic heterocycles. The fourth-order valence-electron chi connectivity index (χ4n) is 1.07. The molecule has 2 N–H and O–H groups in total. The number of hydrogen-bond donors (Lipinski definition) is 2. The van der Waals surface area contributed by atoms with Crippen LogP contribution in [0.3, 0.4) is 0 Å². The van der Waals surface area contributed by atoms with E-state index < -0.39 is 11.9 Å². The van der Waals surface area contributed by atoms with E-state index >= 15 is 0 Å². The number of aromatic nitrogens is 1. The van der Waals surface area contributed by atoms with Crippen LogP contribution in [-0.4, -0.2) is 22.0 Å². The average molecular weight is 226 g/mol. The normalized spacial score (nSPS) is 9.81. The molecule has 1 aromatic rings. The van der Waals surface area contributed by atoms with Gasteiger partial charge in [-0.3, -0.25) is 9.59 Å². The largest absolute Gasteiger partial charge is 0.481 e. The van der Waals surface area contributed by atoms with Gasteiger partial charge in [-0.15, -0.1) is 0 Å². The lowest BCUT2D eigenvalue weighted by molar-refractivity contribution is -0.137. The summed E-state index contributed by atoms with van der Waals surface area (Å²) in [7, 11) is 0. The second-order valence-electron chi connectivity index (χ2n) is 3.17. The van der Waals surface area contributed by atoms with E-state index in [9.17, 15) is 14.0 Å². The van der Waals surface area contributed by atoms with Crippen LogP contribution in [0.25, 0.3) is 0 Å². The van der Waals surface area contributed by atoms with E-state index in [-0.39, 0.29) is 25.2 Å². The molecule has 0 fully saturated rings. The van der Waals surface area contributed by atoms with Gasteiger partial charge in [-0.25, -0.2) is 4.98 Å². The first-order valence-corrected chi connectivity index (χ1v) is 4.71. The number of carboxylic acid groups (broad SMARTS) is 1. The highest BCUT2D eigenvalue weighted by atomic mass is 19.1. The zero-order valence-corrected chi connectivity index (χ0v) is 8.44. The van der Waals surface area contributed by atoms with E-state index in [1.165, 1.54) is 12.3 Å². The van der Waals surface area contributed by atoms with Crippen LogP contribution in [0.4, 0.5) is 10.1 Å². The first kappa shape index (κ1) is 12.1. The molecule has 6 heteroatoms. The minimum absolute atomic E-state index is 0.0465. The van der Waals surface area contributed by atoms with Crippen LogP contribution >= 0.6 is 0 Å². The lowest BCUT2D eigenvalue weighted by atomic mass is 10.2. The van der Waals surface area contributed by atoms with E-state index in [0.717, 1.165) is 6.07 Å². The summed E-state index contributed by atoms with van der Waals surface area (Å²) in [6, 6.07) is 2.52. The Morgan fingerprint density at radius 3 is 2.69 bits per heavy atom. The molecule has 1 aromatic heterocycles. The zero-order valence-electron chi connectivity index (χ0n) is 8.44. The highest BCUT2D eigenvalue weighted by Gasteiger charge is 2.04. The lowest BCUT2D eigenvalue weighted by Gasteiger charge is -2.03. The number of aliphatic carboxylic acids is 1. The van der Waals surface area contributed by atoms with E-state index in [1.54, 1.807) is 0 Å². The number of carbonyl (C=O) groups is 2. The van der Waals surface area contributed by atoms with Crippen molar-refractivity contribution < 1.29 is 19.1 Å². The van der Waals surface area contributed by atoms with Crippen molar-refractivity contribution in [3.05, 3.63) is 24.3 Å². The van der Waals surface area contributed by atoms with Crippen LogP contribution in [0.15, 0.2) is 18.3 Å². The summed E-state index contributed by atoms with van der Waals surface area (Å²) in [4.78, 5) is 24.8. The summed E-state index contributed by atoms with van der Waals surface area (Å²) in [6.07, 6.45) is 1.54. The number of rotatable bonds is 5. The third-order valence-electron chi connectivity index (χ3n) is 1.81. The van der Waals surface area contributed by atoms with Gasteiger partial charge in [0.25, 0.3) is 0 Å². The predicted molar refractivity (Wildman–Crippen MR) is 54.3 cm³/mol. The molecule has 5 nitrogen and oxygen atoms in total. The van der Waals surface area contributed by atoms with Gasteiger partial charge < -0.3 is 10.4 Å². The van der Waals surface area contributed by atoms with Gasteiger partial charge in [-0.05, 0) is 18.6 Å². The van der Waals surface area contributed by atoms with Crippen LogP contribution in [0.1, 0.15) is 19.3 Å². The Hall–Kier alpha value is -1.98. The molecule has 0 aliphatic carbocycles. The van der Waals surface area contributed by atoms with Crippen molar-refractivity contribution in [2.75, 3.05) is 5.32 Å². The number of hydrogen-bond acceptors (Lipinski definition) is 3. The Balaban J connectivity index is 2.34. The minimum atomic E-state index is -0.934. The molecule has 1 heterocycles. The Bertz CT molecular complexity index is 378. The number of amides is 1. The number of anilines is 1. The van der Waals surface area contributed by atoms with Gasteiger partial charge in [0, 0.05) is 12.8 Å². The van der Waals surface area contributed by atoms with Crippen molar-refractivity contribution in [3.8, 4) is 0 Å². The first-order chi connectivity index (χ1) is 7.58. The van der Waals surface area contributed by atoms with Gasteiger partial charge in [-0.1, -0.05) is 0 Å². The van der Waals surface area contributed by atoms with Crippen molar-refractivity contribution >= 4 is 17.6 Å². The molecule has 0 aromatic carbocycles. The summed E-state index contributed by atoms with van der Waals surface area (Å²) in [5.74, 6) is -1.87. The maximum absolute atomic E-state index is 12.4. The topological polar surface area (TPSA) is 79.3 Å². The Kier molecular flexibility index (Phi) is 4.38. The fraction of sp³-hybridized carbons (Fsp3) is 0.300. The van der Waals surface area contributed by atoms with Gasteiger partial charge in [0.1, 0.15) is 0 Å². The van der Waals surface area contributed by atoms with E-state index in [2.05, 4.69) is 10.3 Å². The second-order valence-corrected chi connectivity index (χ2v) is 3.17. The summed E-state index contributed by atoms with van der Waals surface area (Å²) >= 11 is 0. The minimum Gasteiger partial charge on any atom is -0.481 e. The molecule has 0 spiro atoms. The van der Waals surface area contributed by atoms with E-state index in [0.29, 0.717) is 5.69 Å². The van der Waals surface area contributed by atoms with Gasteiger partial charge in [0.2, 0.25) is 11.9 Å². The van der Waals surface area contributed by atoms with Crippen molar-refractivity contribution in [3.63, 3.8) is 0 Å². The second kappa shape index (κ2) is 5.79. The number of halogens is 1. The van der Waals surface area contributed by atoms with Crippen molar-refractivity contribution in [1.29, 1.82) is 0 Å². The standard InChI is InChI=1S/C10H11FN2O3/c11-8-5-4-7(6-12-8)13-9(14)2-1-3-10(15)16/h4-6H,1-3H2,(H,13,14)(H,15,16). The van der Waals surface area contributed by atoms with Crippen LogP contribution < -0.4 is 5.32 Å². The number of nitrogens with zero attached hydrogens (tertiary/aromatic N) is 1. The molecule has 0 atom stereocenters. The summed E-state index contributed by atoms with van der Waals surface area (Å²) in [5.41, 5.74) is 0.390. The zero-order chi connectivity index (χ0) is 12.0. The Labute approximate surface area is 91.3 Å². The number of carbonyl (C=O) groups excluding carboxylic acids is 1. The maximum Gasteiger partial charge on any atom is 0.303 e. The van der Waals surface area contributed by atoms with Crippen LogP contribution in [-0.2, 0) is 9.59 Å². The Morgan fingerprint density at radius 2 is 2.12 bits per heavy atom. The highest BCUT2D eigenvalue weighted by molar-refractivity contribution is 5.90. The third-order valence-corrected chi connectivity index (χ3v) is 1.81. The smallest absolute Gasteiger partial charge is 0.303 e. The predicted octanol–water partition coefficient (Wildman–Crippen LogP) is 1.41. The molecule has 0 radical (unpaired) electrons. The number of pyridine rings is 1. The quantitative estimate of drug-likeness (QED) is 0.744. The molecule has 86 valence electrons. The fourth-order valence-corrected chi connectivity index (χ4v) is 1.07. The molecule has 0 bridgehead atoms. The van der Waals surface area contributed by atoms with Gasteiger partial charge in [0.05, 0.1) is 11.9 Å². The maximum atomic E-state index is 12.4. The van der Waals surface area contributed by atoms with Gasteiger partial charge in [0.15, 0.2) is 0 Å². The highest BCUT2D eigenvalue weighted by Crippen LogP contribution is 2.06. The number of nitrogens with one attached hydrogen (secondary N) is 1. The SMILES string of the molecule is O=C(O)CCCC(=O)Nc1ccc(F)nc1. The van der Waals surface area contributed by atoms with E-state index in [1.807, 2.05) is 0 Å². The van der Waals surface area contributed by atoms with Crippen LogP contribution in [0, 0.1) is 5.95 Å². The average Bonchev–Trinajstić information content (AvgIpc) is 2.21. The molecule has 0 saturated carbocycles. The summed E-state index contributed by atoms with van der Waals surface area (Å²) < 4.78 is 12.4. The summed E-state index contributed by atoms with van der Waals surface area (Å²) in [5, 5.41) is 10.8. The molecule has 0 saturated heterocycles. The van der Waals surface area contributed by atoms with Crippen LogP contribution in [0.2, 0.25) is 0 Å². The Morgan fingerprint density at radius 1 is 1.38 bits per heavy atom. The molecule has 1 rings (SSSR count).